The summed E-state index contributed by atoms with van der Waals surface area (Å²) in [4.78, 5) is 37.2. The second-order valence-corrected chi connectivity index (χ2v) is 8.03. The van der Waals surface area contributed by atoms with Crippen molar-refractivity contribution in [3.8, 4) is 11.3 Å². The molecule has 4 rings (SSSR count). The molecule has 0 saturated heterocycles. The number of nitrogen functional groups attached to an aromatic ring is 1. The van der Waals surface area contributed by atoms with Gasteiger partial charge in [0.1, 0.15) is 11.6 Å². The predicted octanol–water partition coefficient (Wildman–Crippen LogP) is 3.11. The van der Waals surface area contributed by atoms with Crippen LogP contribution in [0.2, 0.25) is 0 Å². The molecule has 1 aliphatic carbocycles. The normalized spacial score (nSPS) is 20.0. The van der Waals surface area contributed by atoms with Crippen molar-refractivity contribution < 1.29 is 14.3 Å². The number of hydrogen-bond acceptors (Lipinski definition) is 7. The molecule has 1 saturated carbocycles. The van der Waals surface area contributed by atoms with Crippen LogP contribution in [0.1, 0.15) is 25.3 Å². The Bertz CT molecular complexity index is 1160. The minimum atomic E-state index is -0.368. The number of aryl methyl sites for hydroxylation is 1. The highest BCUT2D eigenvalue weighted by Crippen LogP contribution is 2.55. The summed E-state index contributed by atoms with van der Waals surface area (Å²) < 4.78 is 4.72. The van der Waals surface area contributed by atoms with Crippen LogP contribution in [0.25, 0.3) is 22.0 Å². The molecule has 154 valence electrons. The zero-order valence-electron chi connectivity index (χ0n) is 17.1. The highest BCUT2D eigenvalue weighted by Gasteiger charge is 2.55. The number of amides is 1. The topological polar surface area (TPSA) is 120 Å². The standard InChI is InChI=1S/C22H23N5O3/c1-12-4-5-24-10-14(12)17-6-13-7-18(25-11-15(13)20(23)26-17)27-21(29)16-8-22(16,2)9-19(28)30-3/h4-7,10-11,16H,8-9H2,1-3H3,(H2,23,26)(H,25,27,29). The number of hydrogen-bond donors (Lipinski definition) is 2. The van der Waals surface area contributed by atoms with E-state index in [2.05, 4.69) is 20.3 Å². The van der Waals surface area contributed by atoms with Crippen LogP contribution >= 0.6 is 0 Å². The maximum absolute atomic E-state index is 12.6. The number of nitrogens with one attached hydrogen (secondary N) is 1. The third-order valence-electron chi connectivity index (χ3n) is 5.76. The number of rotatable bonds is 5. The average molecular weight is 405 g/mol. The van der Waals surface area contributed by atoms with E-state index in [0.717, 1.165) is 16.5 Å². The quantitative estimate of drug-likeness (QED) is 0.626. The Morgan fingerprint density at radius 1 is 1.33 bits per heavy atom. The fraction of sp³-hybridized carbons (Fsp3) is 0.318. The minimum Gasteiger partial charge on any atom is -0.469 e. The summed E-state index contributed by atoms with van der Waals surface area (Å²) in [6.45, 7) is 3.90. The molecule has 1 fully saturated rings. The average Bonchev–Trinajstić information content (AvgIpc) is 3.38. The zero-order chi connectivity index (χ0) is 21.5. The smallest absolute Gasteiger partial charge is 0.306 e. The summed E-state index contributed by atoms with van der Waals surface area (Å²) in [6, 6.07) is 5.60. The molecule has 1 amide bonds. The van der Waals surface area contributed by atoms with Gasteiger partial charge in [0.25, 0.3) is 0 Å². The predicted molar refractivity (Wildman–Crippen MR) is 113 cm³/mol. The molecule has 3 aromatic heterocycles. The summed E-state index contributed by atoms with van der Waals surface area (Å²) in [5, 5.41) is 4.38. The number of pyridine rings is 3. The van der Waals surface area contributed by atoms with Crippen molar-refractivity contribution >= 4 is 34.3 Å². The summed E-state index contributed by atoms with van der Waals surface area (Å²) in [7, 11) is 1.35. The number of ether oxygens (including phenoxy) is 1. The van der Waals surface area contributed by atoms with Gasteiger partial charge in [-0.25, -0.2) is 9.97 Å². The van der Waals surface area contributed by atoms with Gasteiger partial charge in [-0.2, -0.15) is 0 Å². The van der Waals surface area contributed by atoms with Crippen LogP contribution in [0.4, 0.5) is 11.6 Å². The number of anilines is 2. The van der Waals surface area contributed by atoms with Gasteiger partial charge in [0.05, 0.1) is 19.2 Å². The van der Waals surface area contributed by atoms with Gasteiger partial charge in [-0.3, -0.25) is 14.6 Å². The van der Waals surface area contributed by atoms with Gasteiger partial charge in [-0.05, 0) is 47.9 Å². The van der Waals surface area contributed by atoms with Crippen LogP contribution in [0, 0.1) is 18.3 Å². The first-order valence-electron chi connectivity index (χ1n) is 9.66. The van der Waals surface area contributed by atoms with Crippen LogP contribution < -0.4 is 11.1 Å². The van der Waals surface area contributed by atoms with E-state index in [1.165, 1.54) is 7.11 Å². The van der Waals surface area contributed by atoms with Gasteiger partial charge >= 0.3 is 5.97 Å². The lowest BCUT2D eigenvalue weighted by atomic mass is 10.0. The third-order valence-corrected chi connectivity index (χ3v) is 5.76. The van der Waals surface area contributed by atoms with Crippen molar-refractivity contribution in [2.45, 2.75) is 26.7 Å². The molecule has 0 aliphatic heterocycles. The fourth-order valence-corrected chi connectivity index (χ4v) is 3.74. The Morgan fingerprint density at radius 2 is 2.13 bits per heavy atom. The molecule has 8 heteroatoms. The number of nitrogens with zero attached hydrogens (tertiary/aromatic N) is 3. The van der Waals surface area contributed by atoms with Crippen LogP contribution in [-0.2, 0) is 14.3 Å². The Balaban J connectivity index is 1.58. The summed E-state index contributed by atoms with van der Waals surface area (Å²) in [6.07, 6.45) is 5.95. The van der Waals surface area contributed by atoms with Crippen LogP contribution in [0.5, 0.6) is 0 Å². The maximum Gasteiger partial charge on any atom is 0.306 e. The molecular formula is C22H23N5O3. The van der Waals surface area contributed by atoms with E-state index in [0.29, 0.717) is 29.1 Å². The molecule has 30 heavy (non-hydrogen) atoms. The molecule has 0 bridgehead atoms. The van der Waals surface area contributed by atoms with Gasteiger partial charge in [-0.1, -0.05) is 6.92 Å². The molecule has 8 nitrogen and oxygen atoms in total. The van der Waals surface area contributed by atoms with Gasteiger partial charge in [0.15, 0.2) is 0 Å². The molecule has 0 radical (unpaired) electrons. The lowest BCUT2D eigenvalue weighted by Gasteiger charge is -2.11. The fourth-order valence-electron chi connectivity index (χ4n) is 3.74. The van der Waals surface area contributed by atoms with Crippen molar-refractivity contribution in [3.63, 3.8) is 0 Å². The number of nitrogens with two attached hydrogens (primary N) is 1. The number of carbonyl (C=O) groups excluding carboxylic acids is 2. The van der Waals surface area contributed by atoms with E-state index in [-0.39, 0.29) is 29.6 Å². The summed E-state index contributed by atoms with van der Waals surface area (Å²) in [5.41, 5.74) is 8.42. The Morgan fingerprint density at radius 3 is 2.87 bits per heavy atom. The van der Waals surface area contributed by atoms with Gasteiger partial charge in [-0.15, -0.1) is 0 Å². The molecule has 2 unspecified atom stereocenters. The number of methoxy groups -OCH3 is 1. The second kappa shape index (κ2) is 7.37. The van der Waals surface area contributed by atoms with Gasteiger partial charge in [0, 0.05) is 35.5 Å². The van der Waals surface area contributed by atoms with E-state index in [4.69, 9.17) is 10.5 Å². The molecule has 0 spiro atoms. The maximum atomic E-state index is 12.6. The van der Waals surface area contributed by atoms with E-state index in [1.807, 2.05) is 26.0 Å². The Hall–Kier alpha value is -3.55. The minimum absolute atomic E-state index is 0.154. The first-order chi connectivity index (χ1) is 14.3. The highest BCUT2D eigenvalue weighted by atomic mass is 16.5. The first-order valence-corrected chi connectivity index (χ1v) is 9.66. The van der Waals surface area contributed by atoms with Gasteiger partial charge < -0.3 is 15.8 Å². The zero-order valence-corrected chi connectivity index (χ0v) is 17.1. The number of carbonyl (C=O) groups is 2. The lowest BCUT2D eigenvalue weighted by Crippen LogP contribution is -2.20. The van der Waals surface area contributed by atoms with Gasteiger partial charge in [0.2, 0.25) is 5.91 Å². The number of aromatic nitrogens is 3. The van der Waals surface area contributed by atoms with Crippen molar-refractivity contribution in [2.75, 3.05) is 18.2 Å². The van der Waals surface area contributed by atoms with E-state index >= 15 is 0 Å². The molecule has 3 N–H and O–H groups in total. The van der Waals surface area contributed by atoms with Crippen LogP contribution in [-0.4, -0.2) is 33.9 Å². The molecule has 3 aromatic rings. The second-order valence-electron chi connectivity index (χ2n) is 8.03. The van der Waals surface area contributed by atoms with Crippen molar-refractivity contribution in [3.05, 3.63) is 42.4 Å². The van der Waals surface area contributed by atoms with Crippen LogP contribution in [0.3, 0.4) is 0 Å². The highest BCUT2D eigenvalue weighted by molar-refractivity contribution is 5.99. The van der Waals surface area contributed by atoms with E-state index in [1.54, 1.807) is 24.7 Å². The van der Waals surface area contributed by atoms with Crippen molar-refractivity contribution in [1.82, 2.24) is 15.0 Å². The van der Waals surface area contributed by atoms with Crippen molar-refractivity contribution in [2.24, 2.45) is 11.3 Å². The molecule has 1 aliphatic rings. The van der Waals surface area contributed by atoms with Crippen LogP contribution in [0.15, 0.2) is 36.8 Å². The summed E-state index contributed by atoms with van der Waals surface area (Å²) in [5.74, 6) is 0.0879. The molecule has 2 atom stereocenters. The largest absolute Gasteiger partial charge is 0.469 e. The molecular weight excluding hydrogens is 382 g/mol. The SMILES string of the molecule is COC(=O)CC1(C)CC1C(=O)Nc1cc2cc(-c3cnccc3C)nc(N)c2cn1. The number of fused-ring (bicyclic) bond motifs is 1. The molecule has 0 aromatic carbocycles. The third kappa shape index (κ3) is 3.68. The number of esters is 1. The molecule has 3 heterocycles. The first kappa shape index (κ1) is 19.8. The Labute approximate surface area is 173 Å². The monoisotopic (exact) mass is 405 g/mol. The Kier molecular flexibility index (Phi) is 4.85. The van der Waals surface area contributed by atoms with E-state index < -0.39 is 0 Å². The van der Waals surface area contributed by atoms with E-state index in [9.17, 15) is 9.59 Å². The summed E-state index contributed by atoms with van der Waals surface area (Å²) >= 11 is 0. The van der Waals surface area contributed by atoms with Crippen molar-refractivity contribution in [1.29, 1.82) is 0 Å². The lowest BCUT2D eigenvalue weighted by molar-refractivity contribution is -0.142.